The quantitative estimate of drug-likeness (QED) is 0.128. The van der Waals surface area contributed by atoms with E-state index in [1.165, 1.54) is 28.9 Å². The lowest BCUT2D eigenvalue weighted by Crippen LogP contribution is -2.48. The summed E-state index contributed by atoms with van der Waals surface area (Å²) in [6.07, 6.45) is 3.07. The largest absolute Gasteiger partial charge is 0.354 e. The summed E-state index contributed by atoms with van der Waals surface area (Å²) in [6, 6.07) is 8.44. The highest BCUT2D eigenvalue weighted by atomic mass is 35.5. The topological polar surface area (TPSA) is 212 Å². The molecule has 4 aromatic heterocycles. The number of carbonyl (C=O) groups excluding carboxylic acids is 1. The van der Waals surface area contributed by atoms with Gasteiger partial charge in [-0.3, -0.25) is 14.6 Å². The maximum atomic E-state index is 11.3. The van der Waals surface area contributed by atoms with Gasteiger partial charge in [-0.15, -0.1) is 0 Å². The predicted octanol–water partition coefficient (Wildman–Crippen LogP) is 3.90. The van der Waals surface area contributed by atoms with E-state index in [1.807, 2.05) is 32.9 Å². The minimum absolute atomic E-state index is 0.136. The molecule has 300 valence electrons. The second-order valence-electron chi connectivity index (χ2n) is 13.5. The molecule has 5 N–H and O–H groups in total. The maximum Gasteiger partial charge on any atom is 0.234 e. The van der Waals surface area contributed by atoms with Crippen LogP contribution in [0.1, 0.15) is 49.1 Å². The van der Waals surface area contributed by atoms with Crippen LogP contribution < -0.4 is 31.5 Å². The van der Waals surface area contributed by atoms with Gasteiger partial charge in [0.25, 0.3) is 0 Å². The van der Waals surface area contributed by atoms with Crippen LogP contribution in [0.15, 0.2) is 24.5 Å². The molecule has 20 heteroatoms. The van der Waals surface area contributed by atoms with Gasteiger partial charge in [-0.1, -0.05) is 48.1 Å². The SMILES string of the molecule is CC(C)NC(=O)CN1CCNCC1.Cc1nc(Cl)cc(Nc2ncc(C#N)s2)n1.Cc1nc(Nc2ncc(C#N)s2)cc(N2CCN(CCNC(C)C)CC2)n1. The number of thiazole rings is 2. The molecule has 2 aliphatic heterocycles. The van der Waals surface area contributed by atoms with E-state index >= 15 is 0 Å². The first kappa shape index (κ1) is 44.1. The second-order valence-corrected chi connectivity index (χ2v) is 15.9. The molecule has 56 heavy (non-hydrogen) atoms. The smallest absolute Gasteiger partial charge is 0.234 e. The van der Waals surface area contributed by atoms with Gasteiger partial charge in [-0.25, -0.2) is 29.9 Å². The minimum Gasteiger partial charge on any atom is -0.354 e. The summed E-state index contributed by atoms with van der Waals surface area (Å²) in [5.74, 6) is 3.64. The van der Waals surface area contributed by atoms with Gasteiger partial charge < -0.3 is 31.5 Å². The highest BCUT2D eigenvalue weighted by Gasteiger charge is 2.19. The third-order valence-electron chi connectivity index (χ3n) is 8.04. The Labute approximate surface area is 342 Å². The van der Waals surface area contributed by atoms with E-state index in [9.17, 15) is 4.79 Å². The van der Waals surface area contributed by atoms with Gasteiger partial charge in [0, 0.05) is 89.7 Å². The van der Waals surface area contributed by atoms with E-state index in [1.54, 1.807) is 19.2 Å². The third kappa shape index (κ3) is 15.9. The average molecular weight is 824 g/mol. The number of nitrogens with zero attached hydrogens (tertiary/aromatic N) is 11. The molecule has 2 aliphatic rings. The van der Waals surface area contributed by atoms with Gasteiger partial charge in [-0.2, -0.15) is 10.5 Å². The number of halogens is 1. The number of nitrogens with one attached hydrogen (secondary N) is 5. The third-order valence-corrected chi connectivity index (χ3v) is 9.86. The van der Waals surface area contributed by atoms with Gasteiger partial charge in [0.2, 0.25) is 5.91 Å². The van der Waals surface area contributed by atoms with Crippen molar-refractivity contribution in [1.29, 1.82) is 10.5 Å². The van der Waals surface area contributed by atoms with Crippen molar-refractivity contribution in [2.45, 2.75) is 53.6 Å². The molecule has 6 heterocycles. The number of anilines is 5. The molecule has 0 radical (unpaired) electrons. The van der Waals surface area contributed by atoms with E-state index in [0.29, 0.717) is 55.2 Å². The summed E-state index contributed by atoms with van der Waals surface area (Å²) in [7, 11) is 0. The van der Waals surface area contributed by atoms with Crippen LogP contribution in [0.25, 0.3) is 0 Å². The number of amides is 1. The zero-order chi connectivity index (χ0) is 40.5. The summed E-state index contributed by atoms with van der Waals surface area (Å²) in [5.41, 5.74) is 0. The number of aromatic nitrogens is 6. The molecule has 0 spiro atoms. The molecular weight excluding hydrogens is 772 g/mol. The molecule has 17 nitrogen and oxygen atoms in total. The van der Waals surface area contributed by atoms with Crippen LogP contribution in [-0.4, -0.2) is 130 Å². The zero-order valence-electron chi connectivity index (χ0n) is 32.8. The van der Waals surface area contributed by atoms with E-state index in [4.69, 9.17) is 22.1 Å². The summed E-state index contributed by atoms with van der Waals surface area (Å²) >= 11 is 8.36. The fraction of sp³-hybridized carbons (Fsp3) is 0.528. The lowest BCUT2D eigenvalue weighted by atomic mass is 10.3. The summed E-state index contributed by atoms with van der Waals surface area (Å²) in [6.45, 7) is 22.5. The molecule has 2 fully saturated rings. The summed E-state index contributed by atoms with van der Waals surface area (Å²) in [5, 5.41) is 35.0. The summed E-state index contributed by atoms with van der Waals surface area (Å²) < 4.78 is 0. The monoisotopic (exact) mass is 822 g/mol. The first-order valence-electron chi connectivity index (χ1n) is 18.4. The number of piperazine rings is 2. The molecule has 4 aromatic rings. The molecule has 0 aliphatic carbocycles. The van der Waals surface area contributed by atoms with Gasteiger partial charge in [0.05, 0.1) is 18.9 Å². The first-order chi connectivity index (χ1) is 26.9. The Bertz CT molecular complexity index is 1890. The van der Waals surface area contributed by atoms with Crippen molar-refractivity contribution in [1.82, 2.24) is 55.7 Å². The van der Waals surface area contributed by atoms with Crippen LogP contribution in [0.2, 0.25) is 5.15 Å². The zero-order valence-corrected chi connectivity index (χ0v) is 35.2. The Morgan fingerprint density at radius 1 is 0.821 bits per heavy atom. The number of aryl methyl sites for hydroxylation is 2. The van der Waals surface area contributed by atoms with E-state index in [0.717, 1.165) is 77.1 Å². The van der Waals surface area contributed by atoms with Crippen molar-refractivity contribution in [3.8, 4) is 12.1 Å². The standard InChI is InChI=1S/C18H26N8S.C9H6ClN5S.C9H19N3O/c1-13(2)20-4-5-25-6-8-26(9-7-25)17-10-16(22-14(3)23-17)24-18-21-12-15(11-19)27-18;1-5-13-7(10)2-8(14-5)15-9-12-4-6(3-11)16-9;1-8(2)11-9(13)7-12-5-3-10-4-6-12/h10,12-13,20H,4-9H2,1-3H3,(H,21,22,23,24);2,4H,1H3,(H,12,13,14,15);8,10H,3-7H2,1-2H3,(H,11,13). The molecule has 0 bridgehead atoms. The average Bonchev–Trinajstić information content (AvgIpc) is 3.81. The van der Waals surface area contributed by atoms with Crippen molar-refractivity contribution >= 4 is 67.9 Å². The van der Waals surface area contributed by atoms with Crippen LogP contribution in [0.5, 0.6) is 0 Å². The normalized spacial score (nSPS) is 14.5. The Kier molecular flexibility index (Phi) is 18.0. The highest BCUT2D eigenvalue weighted by Crippen LogP contribution is 2.24. The Balaban J connectivity index is 0.000000204. The van der Waals surface area contributed by atoms with Crippen molar-refractivity contribution in [2.24, 2.45) is 0 Å². The Hall–Kier alpha value is -4.60. The van der Waals surface area contributed by atoms with Gasteiger partial charge in [-0.05, 0) is 27.7 Å². The second kappa shape index (κ2) is 22.8. The van der Waals surface area contributed by atoms with Crippen molar-refractivity contribution in [2.75, 3.05) is 87.5 Å². The van der Waals surface area contributed by atoms with Crippen molar-refractivity contribution in [3.63, 3.8) is 0 Å². The van der Waals surface area contributed by atoms with Gasteiger partial charge >= 0.3 is 0 Å². The number of nitriles is 2. The molecule has 0 atom stereocenters. The van der Waals surface area contributed by atoms with Crippen LogP contribution >= 0.6 is 34.3 Å². The molecule has 0 aromatic carbocycles. The predicted molar refractivity (Wildman–Crippen MR) is 223 cm³/mol. The fourth-order valence-electron chi connectivity index (χ4n) is 5.51. The number of hydrogen-bond donors (Lipinski definition) is 5. The molecule has 0 unspecified atom stereocenters. The van der Waals surface area contributed by atoms with Crippen LogP contribution in [0.3, 0.4) is 0 Å². The molecule has 0 saturated carbocycles. The first-order valence-corrected chi connectivity index (χ1v) is 20.5. The van der Waals surface area contributed by atoms with E-state index in [-0.39, 0.29) is 11.9 Å². The van der Waals surface area contributed by atoms with Crippen molar-refractivity contribution in [3.05, 3.63) is 51.1 Å². The van der Waals surface area contributed by atoms with E-state index < -0.39 is 0 Å². The van der Waals surface area contributed by atoms with Gasteiger partial charge in [0.1, 0.15) is 56.1 Å². The highest BCUT2D eigenvalue weighted by molar-refractivity contribution is 7.16. The maximum absolute atomic E-state index is 11.3. The minimum atomic E-state index is 0.136. The molecular formula is C36H51ClN16OS2. The van der Waals surface area contributed by atoms with Crippen LogP contribution in [0.4, 0.5) is 27.7 Å². The summed E-state index contributed by atoms with van der Waals surface area (Å²) in [4.78, 5) is 44.8. The van der Waals surface area contributed by atoms with Gasteiger partial charge in [0.15, 0.2) is 10.3 Å². The number of hydrogen-bond acceptors (Lipinski definition) is 18. The van der Waals surface area contributed by atoms with E-state index in [2.05, 4.69) is 91.1 Å². The Morgan fingerprint density at radius 3 is 1.91 bits per heavy atom. The fourth-order valence-corrected chi connectivity index (χ4v) is 6.98. The van der Waals surface area contributed by atoms with Crippen LogP contribution in [-0.2, 0) is 4.79 Å². The molecule has 1 amide bonds. The lowest BCUT2D eigenvalue weighted by molar-refractivity contribution is -0.122. The Morgan fingerprint density at radius 2 is 1.39 bits per heavy atom. The lowest BCUT2D eigenvalue weighted by Gasteiger charge is -2.35. The molecule has 2 saturated heterocycles. The van der Waals surface area contributed by atoms with Crippen molar-refractivity contribution < 1.29 is 4.79 Å². The van der Waals surface area contributed by atoms with Crippen LogP contribution in [0, 0.1) is 36.5 Å². The number of carbonyl (C=O) groups is 1. The number of rotatable bonds is 12. The molecule has 6 rings (SSSR count).